The van der Waals surface area contributed by atoms with E-state index in [0.29, 0.717) is 12.1 Å². The van der Waals surface area contributed by atoms with Gasteiger partial charge in [0.1, 0.15) is 0 Å². The molecule has 1 heterocycles. The van der Waals surface area contributed by atoms with Crippen molar-refractivity contribution < 1.29 is 8.42 Å². The second-order valence-corrected chi connectivity index (χ2v) is 6.70. The third-order valence-electron chi connectivity index (χ3n) is 3.63. The number of benzene rings is 1. The first-order valence-corrected chi connectivity index (χ1v) is 8.05. The first-order valence-electron chi connectivity index (χ1n) is 6.61. The van der Waals surface area contributed by atoms with Crippen LogP contribution in [0.3, 0.4) is 0 Å². The van der Waals surface area contributed by atoms with E-state index in [9.17, 15) is 8.42 Å². The van der Waals surface area contributed by atoms with Crippen LogP contribution in [0.4, 0.5) is 0 Å². The summed E-state index contributed by atoms with van der Waals surface area (Å²) in [6.07, 6.45) is 3.80. The molecule has 0 amide bonds. The van der Waals surface area contributed by atoms with Crippen LogP contribution in [-0.2, 0) is 10.0 Å². The predicted molar refractivity (Wildman–Crippen MR) is 73.0 cm³/mol. The Balaban J connectivity index is 2.32. The summed E-state index contributed by atoms with van der Waals surface area (Å²) in [6, 6.07) is 8.26. The number of hydrogen-bond acceptors (Lipinski definition) is 3. The Bertz CT molecular complexity index is 572. The van der Waals surface area contributed by atoms with Crippen molar-refractivity contribution in [3.63, 3.8) is 0 Å². The van der Waals surface area contributed by atoms with Crippen LogP contribution >= 0.6 is 0 Å². The summed E-state index contributed by atoms with van der Waals surface area (Å²) < 4.78 is 26.8. The molecule has 4 nitrogen and oxygen atoms in total. The quantitative estimate of drug-likeness (QED) is 0.853. The molecule has 2 rings (SSSR count). The monoisotopic (exact) mass is 278 g/mol. The van der Waals surface area contributed by atoms with Crippen LogP contribution in [0.2, 0.25) is 0 Å². The third-order valence-corrected chi connectivity index (χ3v) is 5.60. The Morgan fingerprint density at radius 1 is 1.32 bits per heavy atom. The molecule has 1 atom stereocenters. The Kier molecular flexibility index (Phi) is 4.23. The van der Waals surface area contributed by atoms with E-state index in [1.807, 2.05) is 13.0 Å². The summed E-state index contributed by atoms with van der Waals surface area (Å²) in [5, 5.41) is 8.75. The van der Waals surface area contributed by atoms with Gasteiger partial charge in [0.05, 0.1) is 16.5 Å². The van der Waals surface area contributed by atoms with Gasteiger partial charge in [0.25, 0.3) is 0 Å². The highest BCUT2D eigenvalue weighted by molar-refractivity contribution is 7.89. The van der Waals surface area contributed by atoms with Gasteiger partial charge in [-0.15, -0.1) is 0 Å². The van der Waals surface area contributed by atoms with Crippen LogP contribution < -0.4 is 0 Å². The molecule has 5 heteroatoms. The van der Waals surface area contributed by atoms with E-state index in [1.54, 1.807) is 16.4 Å². The molecule has 1 aliphatic rings. The SMILES string of the molecule is CCC1CCCCN1S(=O)(=O)c1ccc(C#N)cc1. The molecule has 1 aliphatic heterocycles. The van der Waals surface area contributed by atoms with Crippen LogP contribution in [0, 0.1) is 11.3 Å². The van der Waals surface area contributed by atoms with Crippen LogP contribution in [0.1, 0.15) is 38.2 Å². The minimum atomic E-state index is -3.42. The maximum atomic E-state index is 12.6. The fraction of sp³-hybridized carbons (Fsp3) is 0.500. The molecule has 0 N–H and O–H groups in total. The number of hydrogen-bond donors (Lipinski definition) is 0. The zero-order chi connectivity index (χ0) is 13.9. The summed E-state index contributed by atoms with van der Waals surface area (Å²) in [5.74, 6) is 0. The average molecular weight is 278 g/mol. The molecule has 0 spiro atoms. The van der Waals surface area contributed by atoms with Crippen LogP contribution in [0.15, 0.2) is 29.2 Å². The van der Waals surface area contributed by atoms with Gasteiger partial charge in [-0.05, 0) is 43.5 Å². The fourth-order valence-electron chi connectivity index (χ4n) is 2.54. The molecular formula is C14H18N2O2S. The van der Waals surface area contributed by atoms with Crippen molar-refractivity contribution in [2.45, 2.75) is 43.5 Å². The minimum absolute atomic E-state index is 0.106. The zero-order valence-corrected chi connectivity index (χ0v) is 11.9. The van der Waals surface area contributed by atoms with Gasteiger partial charge in [0, 0.05) is 12.6 Å². The molecule has 0 bridgehead atoms. The normalized spacial score (nSPS) is 20.9. The summed E-state index contributed by atoms with van der Waals surface area (Å²) in [5.41, 5.74) is 0.477. The first-order chi connectivity index (χ1) is 9.09. The van der Waals surface area contributed by atoms with Gasteiger partial charge in [-0.1, -0.05) is 13.3 Å². The molecule has 0 saturated carbocycles. The van der Waals surface area contributed by atoms with E-state index in [0.717, 1.165) is 25.7 Å². The summed E-state index contributed by atoms with van der Waals surface area (Å²) in [6.45, 7) is 2.62. The lowest BCUT2D eigenvalue weighted by molar-refractivity contribution is 0.246. The van der Waals surface area contributed by atoms with Crippen molar-refractivity contribution in [1.29, 1.82) is 5.26 Å². The highest BCUT2D eigenvalue weighted by Gasteiger charge is 2.32. The van der Waals surface area contributed by atoms with Gasteiger partial charge >= 0.3 is 0 Å². The fourth-order valence-corrected chi connectivity index (χ4v) is 4.30. The van der Waals surface area contributed by atoms with Crippen molar-refractivity contribution in [3.8, 4) is 6.07 Å². The van der Waals surface area contributed by atoms with E-state index in [-0.39, 0.29) is 10.9 Å². The molecule has 19 heavy (non-hydrogen) atoms. The Morgan fingerprint density at radius 3 is 2.58 bits per heavy atom. The largest absolute Gasteiger partial charge is 0.243 e. The van der Waals surface area contributed by atoms with Gasteiger partial charge in [0.2, 0.25) is 10.0 Å². The van der Waals surface area contributed by atoms with Crippen LogP contribution in [0.25, 0.3) is 0 Å². The van der Waals surface area contributed by atoms with E-state index in [2.05, 4.69) is 0 Å². The summed E-state index contributed by atoms with van der Waals surface area (Å²) in [4.78, 5) is 0.284. The lowest BCUT2D eigenvalue weighted by Crippen LogP contribution is -2.43. The third kappa shape index (κ3) is 2.80. The second kappa shape index (κ2) is 5.72. The predicted octanol–water partition coefficient (Wildman–Crippen LogP) is 2.51. The molecular weight excluding hydrogens is 260 g/mol. The molecule has 1 aromatic carbocycles. The maximum Gasteiger partial charge on any atom is 0.243 e. The summed E-state index contributed by atoms with van der Waals surface area (Å²) >= 11 is 0. The smallest absolute Gasteiger partial charge is 0.207 e. The first kappa shape index (κ1) is 14.0. The van der Waals surface area contributed by atoms with Gasteiger partial charge < -0.3 is 0 Å². The highest BCUT2D eigenvalue weighted by Crippen LogP contribution is 2.26. The van der Waals surface area contributed by atoms with Gasteiger partial charge in [-0.3, -0.25) is 0 Å². The Morgan fingerprint density at radius 2 is 2.00 bits per heavy atom. The zero-order valence-electron chi connectivity index (χ0n) is 11.0. The van der Waals surface area contributed by atoms with E-state index < -0.39 is 10.0 Å². The number of sulfonamides is 1. The molecule has 1 saturated heterocycles. The Hall–Kier alpha value is -1.38. The number of rotatable bonds is 3. The lowest BCUT2D eigenvalue weighted by atomic mass is 10.0. The van der Waals surface area contributed by atoms with Gasteiger partial charge in [-0.2, -0.15) is 9.57 Å². The number of piperidine rings is 1. The molecule has 1 aromatic rings. The standard InChI is InChI=1S/C14H18N2O2S/c1-2-13-5-3-4-10-16(13)19(17,18)14-8-6-12(11-15)7-9-14/h6-9,13H,2-5,10H2,1H3. The van der Waals surface area contributed by atoms with Crippen molar-refractivity contribution in [2.24, 2.45) is 0 Å². The van der Waals surface area contributed by atoms with Crippen molar-refractivity contribution in [3.05, 3.63) is 29.8 Å². The van der Waals surface area contributed by atoms with Gasteiger partial charge in [0.15, 0.2) is 0 Å². The van der Waals surface area contributed by atoms with E-state index >= 15 is 0 Å². The molecule has 102 valence electrons. The Labute approximate surface area is 114 Å². The molecule has 0 aliphatic carbocycles. The summed E-state index contributed by atoms with van der Waals surface area (Å²) in [7, 11) is -3.42. The van der Waals surface area contributed by atoms with Crippen LogP contribution in [-0.4, -0.2) is 25.3 Å². The molecule has 0 aromatic heterocycles. The minimum Gasteiger partial charge on any atom is -0.207 e. The van der Waals surface area contributed by atoms with Crippen LogP contribution in [0.5, 0.6) is 0 Å². The lowest BCUT2D eigenvalue weighted by Gasteiger charge is -2.34. The average Bonchev–Trinajstić information content (AvgIpc) is 2.47. The number of nitrogens with zero attached hydrogens (tertiary/aromatic N) is 2. The number of nitriles is 1. The van der Waals surface area contributed by atoms with Crippen molar-refractivity contribution >= 4 is 10.0 Å². The van der Waals surface area contributed by atoms with E-state index in [4.69, 9.17) is 5.26 Å². The van der Waals surface area contributed by atoms with Crippen molar-refractivity contribution in [1.82, 2.24) is 4.31 Å². The highest BCUT2D eigenvalue weighted by atomic mass is 32.2. The second-order valence-electron chi connectivity index (χ2n) is 4.81. The maximum absolute atomic E-state index is 12.6. The molecule has 1 unspecified atom stereocenters. The van der Waals surface area contributed by atoms with Gasteiger partial charge in [-0.25, -0.2) is 8.42 Å². The molecule has 0 radical (unpaired) electrons. The van der Waals surface area contributed by atoms with E-state index in [1.165, 1.54) is 12.1 Å². The molecule has 1 fully saturated rings. The topological polar surface area (TPSA) is 61.2 Å². The van der Waals surface area contributed by atoms with Crippen molar-refractivity contribution in [2.75, 3.05) is 6.54 Å².